The lowest BCUT2D eigenvalue weighted by Gasteiger charge is -2.35. The normalized spacial score (nSPS) is 21.2. The Labute approximate surface area is 123 Å². The second-order valence-corrected chi connectivity index (χ2v) is 6.24. The summed E-state index contributed by atoms with van der Waals surface area (Å²) in [6.07, 6.45) is 3.93. The third kappa shape index (κ3) is 3.70. The van der Waals surface area contributed by atoms with E-state index in [-0.39, 0.29) is 0 Å². The summed E-state index contributed by atoms with van der Waals surface area (Å²) >= 11 is 9.75. The van der Waals surface area contributed by atoms with Crippen molar-refractivity contribution in [1.82, 2.24) is 10.2 Å². The molecule has 1 fully saturated rings. The van der Waals surface area contributed by atoms with E-state index in [0.29, 0.717) is 6.04 Å². The molecule has 1 aromatic carbocycles. The molecule has 18 heavy (non-hydrogen) atoms. The van der Waals surface area contributed by atoms with E-state index in [2.05, 4.69) is 38.3 Å². The number of likely N-dealkylation sites (N-methyl/N-ethyl adjacent to an activating group) is 1. The summed E-state index contributed by atoms with van der Waals surface area (Å²) < 4.78 is 1.04. The fourth-order valence-corrected chi connectivity index (χ4v) is 3.34. The number of hydrogen-bond donors (Lipinski definition) is 1. The standard InChI is InChI=1S/C14H20BrClN2/c1-17-9-13-4-2-3-7-18(13)10-11-5-6-12(15)8-14(11)16/h5-6,8,13,17H,2-4,7,9-10H2,1H3. The van der Waals surface area contributed by atoms with Crippen molar-refractivity contribution < 1.29 is 0 Å². The molecule has 1 saturated heterocycles. The zero-order valence-electron chi connectivity index (χ0n) is 10.8. The Bertz CT molecular complexity index is 395. The van der Waals surface area contributed by atoms with Gasteiger partial charge in [0, 0.05) is 28.6 Å². The summed E-state index contributed by atoms with van der Waals surface area (Å²) in [5.41, 5.74) is 1.22. The first-order valence-corrected chi connectivity index (χ1v) is 7.70. The van der Waals surface area contributed by atoms with E-state index in [1.54, 1.807) is 0 Å². The van der Waals surface area contributed by atoms with Crippen LogP contribution in [0.2, 0.25) is 5.02 Å². The van der Waals surface area contributed by atoms with Crippen molar-refractivity contribution >= 4 is 27.5 Å². The van der Waals surface area contributed by atoms with Crippen LogP contribution < -0.4 is 5.32 Å². The number of nitrogens with zero attached hydrogens (tertiary/aromatic N) is 1. The van der Waals surface area contributed by atoms with Crippen molar-refractivity contribution in [3.63, 3.8) is 0 Å². The summed E-state index contributed by atoms with van der Waals surface area (Å²) in [4.78, 5) is 2.55. The van der Waals surface area contributed by atoms with Gasteiger partial charge in [-0.1, -0.05) is 40.0 Å². The van der Waals surface area contributed by atoms with Gasteiger partial charge in [-0.05, 0) is 44.1 Å². The predicted octanol–water partition coefficient (Wildman–Crippen LogP) is 3.68. The Kier molecular flexibility index (Phi) is 5.49. The summed E-state index contributed by atoms with van der Waals surface area (Å²) in [5, 5.41) is 4.15. The van der Waals surface area contributed by atoms with Gasteiger partial charge in [-0.2, -0.15) is 0 Å². The minimum Gasteiger partial charge on any atom is -0.318 e. The molecule has 0 aromatic heterocycles. The number of halogens is 2. The molecule has 0 radical (unpaired) electrons. The van der Waals surface area contributed by atoms with Gasteiger partial charge in [0.1, 0.15) is 0 Å². The number of hydrogen-bond acceptors (Lipinski definition) is 2. The van der Waals surface area contributed by atoms with Crippen LogP contribution in [0.5, 0.6) is 0 Å². The Balaban J connectivity index is 2.06. The molecule has 1 unspecified atom stereocenters. The van der Waals surface area contributed by atoms with Crippen LogP contribution in [0.3, 0.4) is 0 Å². The Morgan fingerprint density at radius 2 is 2.28 bits per heavy atom. The molecule has 1 atom stereocenters. The highest BCUT2D eigenvalue weighted by Crippen LogP contribution is 2.25. The first kappa shape index (κ1) is 14.3. The molecular formula is C14H20BrClN2. The molecule has 1 aliphatic rings. The molecule has 2 rings (SSSR count). The first-order chi connectivity index (χ1) is 8.70. The van der Waals surface area contributed by atoms with Crippen molar-refractivity contribution in [1.29, 1.82) is 0 Å². The van der Waals surface area contributed by atoms with E-state index in [9.17, 15) is 0 Å². The topological polar surface area (TPSA) is 15.3 Å². The maximum Gasteiger partial charge on any atom is 0.0462 e. The average molecular weight is 332 g/mol. The lowest BCUT2D eigenvalue weighted by molar-refractivity contribution is 0.139. The van der Waals surface area contributed by atoms with E-state index >= 15 is 0 Å². The lowest BCUT2D eigenvalue weighted by Crippen LogP contribution is -2.44. The van der Waals surface area contributed by atoms with Crippen molar-refractivity contribution in [2.75, 3.05) is 20.1 Å². The van der Waals surface area contributed by atoms with E-state index in [1.807, 2.05) is 13.1 Å². The van der Waals surface area contributed by atoms with Crippen molar-refractivity contribution in [2.45, 2.75) is 31.8 Å². The molecule has 4 heteroatoms. The molecule has 0 saturated carbocycles. The van der Waals surface area contributed by atoms with Gasteiger partial charge in [-0.25, -0.2) is 0 Å². The zero-order valence-corrected chi connectivity index (χ0v) is 13.1. The summed E-state index contributed by atoms with van der Waals surface area (Å²) in [6.45, 7) is 3.20. The molecule has 1 aliphatic heterocycles. The van der Waals surface area contributed by atoms with Crippen LogP contribution in [-0.4, -0.2) is 31.1 Å². The van der Waals surface area contributed by atoms with E-state index < -0.39 is 0 Å². The third-order valence-electron chi connectivity index (χ3n) is 3.58. The van der Waals surface area contributed by atoms with Gasteiger partial charge in [0.25, 0.3) is 0 Å². The van der Waals surface area contributed by atoms with Crippen LogP contribution in [0, 0.1) is 0 Å². The molecule has 0 amide bonds. The van der Waals surface area contributed by atoms with Crippen LogP contribution >= 0.6 is 27.5 Å². The largest absolute Gasteiger partial charge is 0.318 e. The minimum atomic E-state index is 0.642. The SMILES string of the molecule is CNCC1CCCCN1Cc1ccc(Br)cc1Cl. The monoisotopic (exact) mass is 330 g/mol. The number of benzene rings is 1. The molecule has 0 bridgehead atoms. The molecule has 1 heterocycles. The minimum absolute atomic E-state index is 0.642. The molecule has 100 valence electrons. The first-order valence-electron chi connectivity index (χ1n) is 6.53. The maximum atomic E-state index is 6.30. The Morgan fingerprint density at radius 1 is 1.44 bits per heavy atom. The van der Waals surface area contributed by atoms with Gasteiger partial charge < -0.3 is 5.32 Å². The van der Waals surface area contributed by atoms with Crippen molar-refractivity contribution in [3.8, 4) is 0 Å². The zero-order chi connectivity index (χ0) is 13.0. The van der Waals surface area contributed by atoms with Gasteiger partial charge >= 0.3 is 0 Å². The highest BCUT2D eigenvalue weighted by molar-refractivity contribution is 9.10. The molecule has 0 aliphatic carbocycles. The predicted molar refractivity (Wildman–Crippen MR) is 81.1 cm³/mol. The highest BCUT2D eigenvalue weighted by atomic mass is 79.9. The Morgan fingerprint density at radius 3 is 3.00 bits per heavy atom. The number of rotatable bonds is 4. The number of likely N-dealkylation sites (tertiary alicyclic amines) is 1. The average Bonchev–Trinajstić information content (AvgIpc) is 2.35. The quantitative estimate of drug-likeness (QED) is 0.905. The summed E-state index contributed by atoms with van der Waals surface area (Å²) in [5.74, 6) is 0. The fourth-order valence-electron chi connectivity index (χ4n) is 2.60. The van der Waals surface area contributed by atoms with E-state index in [1.165, 1.54) is 31.4 Å². The lowest BCUT2D eigenvalue weighted by atomic mass is 10.0. The van der Waals surface area contributed by atoms with Gasteiger partial charge in [-0.3, -0.25) is 4.90 Å². The fraction of sp³-hybridized carbons (Fsp3) is 0.571. The molecule has 0 spiro atoms. The molecule has 1 aromatic rings. The maximum absolute atomic E-state index is 6.30. The van der Waals surface area contributed by atoms with Gasteiger partial charge in [0.05, 0.1) is 0 Å². The van der Waals surface area contributed by atoms with Gasteiger partial charge in [0.2, 0.25) is 0 Å². The Hall–Kier alpha value is -0.0900. The molecule has 2 nitrogen and oxygen atoms in total. The van der Waals surface area contributed by atoms with E-state index in [4.69, 9.17) is 11.6 Å². The van der Waals surface area contributed by atoms with Crippen LogP contribution in [0.1, 0.15) is 24.8 Å². The van der Waals surface area contributed by atoms with Crippen LogP contribution in [0.4, 0.5) is 0 Å². The van der Waals surface area contributed by atoms with E-state index in [0.717, 1.165) is 22.6 Å². The second-order valence-electron chi connectivity index (χ2n) is 4.91. The second kappa shape index (κ2) is 6.90. The number of piperidine rings is 1. The molecule has 1 N–H and O–H groups in total. The summed E-state index contributed by atoms with van der Waals surface area (Å²) in [7, 11) is 2.03. The summed E-state index contributed by atoms with van der Waals surface area (Å²) in [6, 6.07) is 6.81. The van der Waals surface area contributed by atoms with Crippen LogP contribution in [0.15, 0.2) is 22.7 Å². The van der Waals surface area contributed by atoms with Crippen molar-refractivity contribution in [3.05, 3.63) is 33.3 Å². The smallest absolute Gasteiger partial charge is 0.0462 e. The number of nitrogens with one attached hydrogen (secondary N) is 1. The van der Waals surface area contributed by atoms with Gasteiger partial charge in [-0.15, -0.1) is 0 Å². The highest BCUT2D eigenvalue weighted by Gasteiger charge is 2.22. The molecular weight excluding hydrogens is 312 g/mol. The van der Waals surface area contributed by atoms with Crippen LogP contribution in [0.25, 0.3) is 0 Å². The third-order valence-corrected chi connectivity index (χ3v) is 4.42. The van der Waals surface area contributed by atoms with Crippen molar-refractivity contribution in [2.24, 2.45) is 0 Å². The van der Waals surface area contributed by atoms with Crippen LogP contribution in [-0.2, 0) is 6.54 Å². The van der Waals surface area contributed by atoms with Gasteiger partial charge in [0.15, 0.2) is 0 Å².